The highest BCUT2D eigenvalue weighted by molar-refractivity contribution is 7.64. The quantitative estimate of drug-likeness (QED) is 0.0454. The van der Waals surface area contributed by atoms with E-state index < -0.39 is 7.34 Å². The van der Waals surface area contributed by atoms with Crippen LogP contribution in [0, 0.1) is 0 Å². The zero-order chi connectivity index (χ0) is 38.4. The van der Waals surface area contributed by atoms with Crippen LogP contribution in [0.25, 0.3) is 0 Å². The monoisotopic (exact) mass is 767 g/mol. The molecule has 3 heteroatoms. The van der Waals surface area contributed by atoms with Crippen molar-refractivity contribution in [2.24, 2.45) is 0 Å². The summed E-state index contributed by atoms with van der Waals surface area (Å²) in [6.07, 6.45) is 69.3. The second-order valence-corrected chi connectivity index (χ2v) is 20.2. The van der Waals surface area contributed by atoms with Gasteiger partial charge in [-0.2, -0.15) is 0 Å². The molecule has 0 amide bonds. The Kier molecular flexibility index (Phi) is 46.8. The fourth-order valence-electron chi connectivity index (χ4n) is 8.10. The molecule has 0 radical (unpaired) electrons. The van der Waals surface area contributed by atoms with Crippen molar-refractivity contribution >= 4 is 13.6 Å². The largest absolute Gasteiger partial charge is 0.341 e. The Balaban J connectivity index is 3.09. The minimum atomic E-state index is -1.79. The molecule has 0 N–H and O–H groups in total. The molecule has 0 aromatic rings. The molecule has 53 heavy (non-hydrogen) atoms. The second kappa shape index (κ2) is 46.6. The molecule has 0 heterocycles. The fraction of sp³-hybridized carbons (Fsp3) is 0.980. The van der Waals surface area contributed by atoms with Gasteiger partial charge in [-0.3, -0.25) is 0 Å². The van der Waals surface area contributed by atoms with Crippen LogP contribution in [0.1, 0.15) is 296 Å². The van der Waals surface area contributed by atoms with E-state index in [1.807, 2.05) is 0 Å². The highest BCUT2D eigenvalue weighted by Gasteiger charge is 2.10. The summed E-state index contributed by atoms with van der Waals surface area (Å²) < 4.78 is 11.3. The molecule has 0 rings (SSSR count). The van der Waals surface area contributed by atoms with Gasteiger partial charge in [0.05, 0.1) is 6.61 Å². The Morgan fingerprint density at radius 2 is 0.453 bits per heavy atom. The lowest BCUT2D eigenvalue weighted by Gasteiger charge is -2.20. The third-order valence-corrected chi connectivity index (χ3v) is 14.4. The van der Waals surface area contributed by atoms with Crippen LogP contribution < -0.4 is 0 Å². The van der Waals surface area contributed by atoms with E-state index in [-0.39, 0.29) is 0 Å². The minimum absolute atomic E-state index is 0.818. The Labute approximate surface area is 337 Å². The molecule has 0 aliphatic heterocycles. The molecule has 0 spiro atoms. The summed E-state index contributed by atoms with van der Waals surface area (Å²) in [6, 6.07) is 0. The van der Waals surface area contributed by atoms with E-state index in [4.69, 9.17) is 9.05 Å². The van der Waals surface area contributed by atoms with Gasteiger partial charge in [-0.1, -0.05) is 296 Å². The molecule has 0 fully saturated rings. The van der Waals surface area contributed by atoms with Crippen molar-refractivity contribution < 1.29 is 9.05 Å². The van der Waals surface area contributed by atoms with Gasteiger partial charge in [0.2, 0.25) is 0 Å². The van der Waals surface area contributed by atoms with E-state index in [1.54, 1.807) is 7.11 Å². The van der Waals surface area contributed by atoms with Crippen molar-refractivity contribution in [3.8, 4) is 0 Å². The van der Waals surface area contributed by atoms with Crippen LogP contribution in [0.2, 0.25) is 0 Å². The van der Waals surface area contributed by atoms with Crippen molar-refractivity contribution in [2.45, 2.75) is 296 Å². The Bertz CT molecular complexity index is 685. The summed E-state index contributed by atoms with van der Waals surface area (Å²) in [7, 11) is -0.0562. The zero-order valence-corrected chi connectivity index (χ0v) is 38.4. The van der Waals surface area contributed by atoms with Crippen LogP contribution in [-0.2, 0) is 9.05 Å². The Morgan fingerprint density at radius 1 is 0.283 bits per heavy atom. The molecule has 1 unspecified atom stereocenters. The third kappa shape index (κ3) is 44.8. The maximum Gasteiger partial charge on any atom is 0.116 e. The van der Waals surface area contributed by atoms with E-state index in [2.05, 4.69) is 20.1 Å². The van der Waals surface area contributed by atoms with Crippen LogP contribution in [0.3, 0.4) is 0 Å². The summed E-state index contributed by atoms with van der Waals surface area (Å²) in [6.45, 7) is 5.24. The minimum Gasteiger partial charge on any atom is -0.341 e. The fourth-order valence-corrected chi connectivity index (χ4v) is 9.11. The Morgan fingerprint density at radius 3 is 0.604 bits per heavy atom. The maximum atomic E-state index is 5.89. The normalized spacial score (nSPS) is 12.9. The lowest BCUT2D eigenvalue weighted by atomic mass is 10.0. The molecule has 0 aliphatic carbocycles. The first kappa shape index (κ1) is 53.2. The van der Waals surface area contributed by atoms with Crippen LogP contribution >= 0.6 is 7.34 Å². The highest BCUT2D eigenvalue weighted by atomic mass is 31.2. The van der Waals surface area contributed by atoms with Crippen LogP contribution in [0.4, 0.5) is 0 Å². The average Bonchev–Trinajstić information content (AvgIpc) is 3.17. The van der Waals surface area contributed by atoms with E-state index in [0.29, 0.717) is 0 Å². The van der Waals surface area contributed by atoms with Crippen molar-refractivity contribution in [1.82, 2.24) is 0 Å². The molecule has 0 aliphatic rings. The van der Waals surface area contributed by atoms with E-state index in [1.165, 1.54) is 276 Å². The van der Waals surface area contributed by atoms with Crippen molar-refractivity contribution in [3.63, 3.8) is 0 Å². The lowest BCUT2D eigenvalue weighted by molar-refractivity contribution is 0.272. The Hall–Kier alpha value is 0.220. The molecule has 0 bridgehead atoms. The van der Waals surface area contributed by atoms with Gasteiger partial charge < -0.3 is 9.05 Å². The van der Waals surface area contributed by atoms with Crippen molar-refractivity contribution in [3.05, 3.63) is 0 Å². The molecule has 1 atom stereocenters. The van der Waals surface area contributed by atoms with Gasteiger partial charge >= 0.3 is 0 Å². The van der Waals surface area contributed by atoms with E-state index in [0.717, 1.165) is 19.2 Å². The van der Waals surface area contributed by atoms with Gasteiger partial charge in [0.1, 0.15) is 7.34 Å². The summed E-state index contributed by atoms with van der Waals surface area (Å²) in [4.78, 5) is 0. The zero-order valence-electron chi connectivity index (χ0n) is 37.5. The predicted molar refractivity (Wildman–Crippen MR) is 246 cm³/mol. The number of unbranched alkanes of at least 4 members (excludes halogenated alkanes) is 43. The molecular formula is C50H103O2P. The second-order valence-electron chi connectivity index (χ2n) is 17.3. The van der Waals surface area contributed by atoms with Crippen molar-refractivity contribution in [1.29, 1.82) is 0 Å². The number of hydrogen-bond acceptors (Lipinski definition) is 2. The summed E-state index contributed by atoms with van der Waals surface area (Å²) in [5.74, 6) is 0. The van der Waals surface area contributed by atoms with Gasteiger partial charge in [-0.25, -0.2) is 0 Å². The average molecular weight is 767 g/mol. The molecule has 0 aromatic heterocycles. The third-order valence-electron chi connectivity index (χ3n) is 12.1. The number of rotatable bonds is 48. The predicted octanol–water partition coefficient (Wildman–Crippen LogP) is 19.1. The molecular weight excluding hydrogens is 664 g/mol. The van der Waals surface area contributed by atoms with Crippen LogP contribution in [0.15, 0.2) is 0 Å². The standard InChI is InChI=1S/C50H103O2P/c1-5-7-8-9-10-11-12-13-14-15-16-17-18-19-20-21-22-23-24-25-26-27-28-29-30-31-32-33-34-35-36-37-38-39-40-41-42-43-44-45-46-47-48-49-50-52-53(4,6-2)51-3/h4-50H2,1-3H3. The summed E-state index contributed by atoms with van der Waals surface area (Å²) >= 11 is 0. The van der Waals surface area contributed by atoms with Gasteiger partial charge in [-0.15, -0.1) is 0 Å². The lowest BCUT2D eigenvalue weighted by Crippen LogP contribution is -1.98. The topological polar surface area (TPSA) is 18.5 Å². The molecule has 0 saturated heterocycles. The van der Waals surface area contributed by atoms with Crippen LogP contribution in [0.5, 0.6) is 0 Å². The van der Waals surface area contributed by atoms with Gasteiger partial charge in [0, 0.05) is 13.3 Å². The molecule has 0 saturated carbocycles. The highest BCUT2D eigenvalue weighted by Crippen LogP contribution is 2.46. The van der Waals surface area contributed by atoms with Gasteiger partial charge in [0.15, 0.2) is 0 Å². The van der Waals surface area contributed by atoms with E-state index >= 15 is 0 Å². The van der Waals surface area contributed by atoms with Crippen molar-refractivity contribution in [2.75, 3.05) is 19.9 Å². The summed E-state index contributed by atoms with van der Waals surface area (Å²) in [5, 5.41) is 0. The first-order valence-corrected chi connectivity index (χ1v) is 27.1. The first-order valence-electron chi connectivity index (χ1n) is 25.1. The van der Waals surface area contributed by atoms with E-state index in [9.17, 15) is 0 Å². The van der Waals surface area contributed by atoms with Crippen LogP contribution in [-0.4, -0.2) is 26.2 Å². The van der Waals surface area contributed by atoms with Gasteiger partial charge in [-0.05, 0) is 6.42 Å². The number of hydrogen-bond donors (Lipinski definition) is 0. The van der Waals surface area contributed by atoms with Gasteiger partial charge in [0.25, 0.3) is 0 Å². The molecule has 2 nitrogen and oxygen atoms in total. The first-order chi connectivity index (χ1) is 26.2. The molecule has 320 valence electrons. The smallest absolute Gasteiger partial charge is 0.116 e. The SMILES string of the molecule is C=P(CC)(OC)OCCCCCCCCCCCCCCCCCCCCCCCCCCCCCCCCCCCCCCCCCCCCCC. The summed E-state index contributed by atoms with van der Waals surface area (Å²) in [5.41, 5.74) is 0. The molecule has 0 aromatic carbocycles. The maximum absolute atomic E-state index is 5.89.